The Morgan fingerprint density at radius 2 is 1.98 bits per heavy atom. The standard InChI is InChI=1S/C33H29Cl2FN8O7S2/c1-33(2,31(49)50)51-41-23(24-26(35)53-32(39)40-24)22(45)9-17-28(46)44-25(30(47)48)16(13-52-29(17)44)10-42-5-3-14-4-6-43(21(14)12-42)11-18-19(34)7-15(27(37)38)8-20(18)36/h3-8,12,17,29H,9-11,13H2,1-2H3,(H6-,37,38,39,40,47,48,49,50)/p+1/b41-23+/t17-,29-/m1/s1. The van der Waals surface area contributed by atoms with Crippen LogP contribution in [0.2, 0.25) is 9.36 Å². The van der Waals surface area contributed by atoms with Crippen molar-refractivity contribution in [3.05, 3.63) is 86.1 Å². The number of ketones is 1. The summed E-state index contributed by atoms with van der Waals surface area (Å²) in [5.74, 6) is -5.63. The number of aromatic nitrogens is 3. The third kappa shape index (κ3) is 7.31. The smallest absolute Gasteiger partial charge is 0.352 e. The van der Waals surface area contributed by atoms with Crippen LogP contribution in [0.4, 0.5) is 9.52 Å². The molecule has 0 saturated carbocycles. The van der Waals surface area contributed by atoms with Crippen molar-refractivity contribution in [2.75, 3.05) is 11.5 Å². The van der Waals surface area contributed by atoms with E-state index in [0.29, 0.717) is 11.1 Å². The van der Waals surface area contributed by atoms with Crippen molar-refractivity contribution >= 4 is 97.5 Å². The first-order valence-corrected chi connectivity index (χ1v) is 18.2. The Morgan fingerprint density at radius 3 is 2.60 bits per heavy atom. The molecule has 6 rings (SSSR count). The minimum atomic E-state index is -1.82. The fourth-order valence-electron chi connectivity index (χ4n) is 5.83. The van der Waals surface area contributed by atoms with Gasteiger partial charge in [-0.1, -0.05) is 39.7 Å². The van der Waals surface area contributed by atoms with Crippen molar-refractivity contribution in [2.24, 2.45) is 16.8 Å². The van der Waals surface area contributed by atoms with Crippen LogP contribution >= 0.6 is 46.3 Å². The maximum atomic E-state index is 15.0. The molecule has 1 saturated heterocycles. The number of Topliss-reactive ketones (excluding diaryl/α,β-unsaturated/α-hetero) is 1. The molecular weight excluding hydrogens is 774 g/mol. The number of rotatable bonds is 13. The molecule has 20 heteroatoms. The number of thiazole rings is 1. The molecule has 1 amide bonds. The summed E-state index contributed by atoms with van der Waals surface area (Å²) in [5, 5.41) is 31.3. The van der Waals surface area contributed by atoms with Gasteiger partial charge in [-0.15, -0.1) is 11.8 Å². The molecule has 3 aromatic heterocycles. The van der Waals surface area contributed by atoms with Crippen LogP contribution in [0.5, 0.6) is 0 Å². The summed E-state index contributed by atoms with van der Waals surface area (Å²) >= 11 is 14.8. The molecule has 1 fully saturated rings. The number of carboxylic acids is 2. The number of hydrogen-bond acceptors (Lipinski definition) is 11. The Bertz CT molecular complexity index is 2280. The summed E-state index contributed by atoms with van der Waals surface area (Å²) in [4.78, 5) is 61.7. The largest absolute Gasteiger partial charge is 0.478 e. The Hall–Kier alpha value is -5.04. The number of nitrogen functional groups attached to an aromatic ring is 2. The molecule has 53 heavy (non-hydrogen) atoms. The van der Waals surface area contributed by atoms with Crippen LogP contribution in [-0.4, -0.2) is 76.6 Å². The van der Waals surface area contributed by atoms with Crippen LogP contribution in [0.1, 0.15) is 37.1 Å². The van der Waals surface area contributed by atoms with Crippen LogP contribution in [0.3, 0.4) is 0 Å². The van der Waals surface area contributed by atoms with Crippen molar-refractivity contribution in [3.8, 4) is 0 Å². The third-order valence-corrected chi connectivity index (χ3v) is 11.5. The minimum absolute atomic E-state index is 0.00270. The zero-order valence-corrected chi connectivity index (χ0v) is 30.9. The van der Waals surface area contributed by atoms with E-state index in [-0.39, 0.29) is 61.7 Å². The van der Waals surface area contributed by atoms with E-state index in [1.54, 1.807) is 27.7 Å². The summed E-state index contributed by atoms with van der Waals surface area (Å²) in [5.41, 5.74) is 10.2. The van der Waals surface area contributed by atoms with Crippen molar-refractivity contribution in [1.29, 1.82) is 5.41 Å². The van der Waals surface area contributed by atoms with E-state index in [0.717, 1.165) is 27.7 Å². The average Bonchev–Trinajstić information content (AvgIpc) is 3.65. The van der Waals surface area contributed by atoms with Gasteiger partial charge in [-0.3, -0.25) is 19.9 Å². The number of benzene rings is 1. The van der Waals surface area contributed by atoms with Crippen molar-refractivity contribution in [1.82, 2.24) is 14.5 Å². The first-order chi connectivity index (χ1) is 25.0. The second-order valence-electron chi connectivity index (χ2n) is 12.7. The lowest BCUT2D eigenvalue weighted by Crippen LogP contribution is -2.62. The normalized spacial score (nSPS) is 17.5. The van der Waals surface area contributed by atoms with E-state index in [9.17, 15) is 33.8 Å². The van der Waals surface area contributed by atoms with Crippen molar-refractivity contribution < 1.29 is 43.2 Å². The molecule has 0 spiro atoms. The predicted molar refractivity (Wildman–Crippen MR) is 195 cm³/mol. The van der Waals surface area contributed by atoms with Crippen LogP contribution < -0.4 is 16.0 Å². The monoisotopic (exact) mass is 803 g/mol. The molecule has 276 valence electrons. The number of amidine groups is 1. The summed E-state index contributed by atoms with van der Waals surface area (Å²) in [6, 6.07) is 6.24. The highest BCUT2D eigenvalue weighted by Crippen LogP contribution is 2.45. The summed E-state index contributed by atoms with van der Waals surface area (Å²) < 4.78 is 18.5. The number of fused-ring (bicyclic) bond motifs is 2. The number of hydrogen-bond donors (Lipinski definition) is 5. The number of carboxylic acid groups (broad SMARTS) is 2. The Morgan fingerprint density at radius 1 is 1.25 bits per heavy atom. The SMILES string of the molecule is CC(C)(O/N=C(\C(=O)C[C@@H]1C(=O)N2C(C(=O)O)=C(C[n+]3ccc4ccn(Cc5c(F)cc(C(=N)N)cc5Cl)c4c3)CS[C@H]12)c1nc(N)sc1Cl)C(=O)O. The molecule has 0 radical (unpaired) electrons. The quantitative estimate of drug-likeness (QED) is 0.0428. The van der Waals surface area contributed by atoms with E-state index in [1.165, 1.54) is 31.7 Å². The zero-order valence-electron chi connectivity index (χ0n) is 27.8. The van der Waals surface area contributed by atoms with Crippen molar-refractivity contribution in [3.63, 3.8) is 0 Å². The Kier molecular flexibility index (Phi) is 10.3. The van der Waals surface area contributed by atoms with Gasteiger partial charge in [-0.05, 0) is 32.0 Å². The lowest BCUT2D eigenvalue weighted by atomic mass is 9.89. The van der Waals surface area contributed by atoms with Gasteiger partial charge >= 0.3 is 11.9 Å². The van der Waals surface area contributed by atoms with Gasteiger partial charge in [0.1, 0.15) is 32.9 Å². The van der Waals surface area contributed by atoms with E-state index in [4.69, 9.17) is 44.9 Å². The molecule has 5 heterocycles. The summed E-state index contributed by atoms with van der Waals surface area (Å²) in [6.07, 6.45) is 4.89. The number of amides is 1. The number of nitrogens with two attached hydrogens (primary N) is 2. The maximum absolute atomic E-state index is 15.0. The number of pyridine rings is 1. The van der Waals surface area contributed by atoms with Gasteiger partial charge in [0.2, 0.25) is 11.5 Å². The first-order valence-electron chi connectivity index (χ1n) is 15.6. The molecule has 7 N–H and O–H groups in total. The third-order valence-electron chi connectivity index (χ3n) is 8.66. The number of oxime groups is 1. The van der Waals surface area contributed by atoms with Gasteiger partial charge in [0.15, 0.2) is 35.6 Å². The lowest BCUT2D eigenvalue weighted by molar-refractivity contribution is -0.687. The van der Waals surface area contributed by atoms with Crippen LogP contribution in [0, 0.1) is 17.1 Å². The van der Waals surface area contributed by atoms with Crippen LogP contribution in [0.15, 0.2) is 59.3 Å². The zero-order chi connectivity index (χ0) is 38.5. The second-order valence-corrected chi connectivity index (χ2v) is 15.8. The fourth-order valence-corrected chi connectivity index (χ4v) is 8.43. The number of nitrogens with zero attached hydrogens (tertiary/aromatic N) is 5. The minimum Gasteiger partial charge on any atom is -0.478 e. The number of nitrogens with one attached hydrogen (secondary N) is 1. The van der Waals surface area contributed by atoms with Gasteiger partial charge < -0.3 is 31.1 Å². The van der Waals surface area contributed by atoms with E-state index < -0.39 is 58.5 Å². The Balaban J connectivity index is 1.23. The van der Waals surface area contributed by atoms with Crippen molar-refractivity contribution in [2.45, 2.75) is 44.3 Å². The molecule has 2 aliphatic rings. The molecule has 4 aromatic rings. The van der Waals surface area contributed by atoms with Gasteiger partial charge in [0.05, 0.1) is 17.8 Å². The number of carbonyl (C=O) groups excluding carboxylic acids is 2. The Labute approximate surface area is 318 Å². The van der Waals surface area contributed by atoms with Crippen LogP contribution in [0.25, 0.3) is 10.9 Å². The second kappa shape index (κ2) is 14.4. The van der Waals surface area contributed by atoms with Crippen LogP contribution in [-0.2, 0) is 37.1 Å². The molecule has 0 bridgehead atoms. The number of β-lactam (4-membered cyclic amide) rings is 1. The number of aliphatic carboxylic acids is 2. The van der Waals surface area contributed by atoms with Gasteiger partial charge in [0.25, 0.3) is 0 Å². The lowest BCUT2D eigenvalue weighted by Gasteiger charge is -2.49. The molecule has 15 nitrogen and oxygen atoms in total. The number of anilines is 1. The highest BCUT2D eigenvalue weighted by molar-refractivity contribution is 8.00. The van der Waals surface area contributed by atoms with E-state index in [1.807, 2.05) is 12.1 Å². The topological polar surface area (TPSA) is 231 Å². The molecule has 0 unspecified atom stereocenters. The van der Waals surface area contributed by atoms with Gasteiger partial charge in [-0.2, -0.15) is 4.57 Å². The summed E-state index contributed by atoms with van der Waals surface area (Å²) in [6.45, 7) is 2.63. The van der Waals surface area contributed by atoms with E-state index in [2.05, 4.69) is 10.1 Å². The van der Waals surface area contributed by atoms with Gasteiger partial charge in [0, 0.05) is 51.5 Å². The molecule has 2 atom stereocenters. The molecule has 0 aliphatic carbocycles. The van der Waals surface area contributed by atoms with Gasteiger partial charge in [-0.25, -0.2) is 19.0 Å². The number of carbonyl (C=O) groups is 4. The number of halogens is 3. The molecule has 1 aromatic carbocycles. The average molecular weight is 805 g/mol. The maximum Gasteiger partial charge on any atom is 0.352 e. The molecule has 2 aliphatic heterocycles. The molecular formula is C33H30Cl2FN8O7S2+. The highest BCUT2D eigenvalue weighted by atomic mass is 35.5. The summed E-state index contributed by atoms with van der Waals surface area (Å²) in [7, 11) is 0. The number of thioether (sulfide) groups is 1. The fraction of sp³-hybridized carbons (Fsp3) is 0.273. The first kappa shape index (κ1) is 37.7. The highest BCUT2D eigenvalue weighted by Gasteiger charge is 2.54. The van der Waals surface area contributed by atoms with E-state index >= 15 is 0 Å². The predicted octanol–water partition coefficient (Wildman–Crippen LogP) is 3.86.